The van der Waals surface area contributed by atoms with E-state index in [-0.39, 0.29) is 5.97 Å². The molecule has 5 heteroatoms. The van der Waals surface area contributed by atoms with Gasteiger partial charge < -0.3 is 13.9 Å². The van der Waals surface area contributed by atoms with Crippen LogP contribution in [0.2, 0.25) is 0 Å². The second kappa shape index (κ2) is 6.21. The van der Waals surface area contributed by atoms with Crippen LogP contribution in [0.4, 0.5) is 0 Å². The van der Waals surface area contributed by atoms with Crippen molar-refractivity contribution in [2.75, 3.05) is 27.3 Å². The van der Waals surface area contributed by atoms with E-state index in [0.717, 1.165) is 38.2 Å². The van der Waals surface area contributed by atoms with Crippen molar-refractivity contribution in [2.45, 2.75) is 32.4 Å². The maximum absolute atomic E-state index is 11.5. The summed E-state index contributed by atoms with van der Waals surface area (Å²) in [5.74, 6) is 1.09. The summed E-state index contributed by atoms with van der Waals surface area (Å²) < 4.78 is 15.7. The molecule has 1 fully saturated rings. The number of carbonyl (C=O) groups is 1. The number of ether oxygens (including phenoxy) is 2. The van der Waals surface area contributed by atoms with Gasteiger partial charge in [0.25, 0.3) is 0 Å². The Balaban J connectivity index is 1.95. The molecule has 0 aliphatic carbocycles. The summed E-state index contributed by atoms with van der Waals surface area (Å²) >= 11 is 0. The van der Waals surface area contributed by atoms with E-state index in [4.69, 9.17) is 13.9 Å². The van der Waals surface area contributed by atoms with Gasteiger partial charge in [0.1, 0.15) is 17.1 Å². The molecule has 0 unspecified atom stereocenters. The van der Waals surface area contributed by atoms with Gasteiger partial charge in [-0.05, 0) is 25.8 Å². The van der Waals surface area contributed by atoms with Crippen LogP contribution < -0.4 is 0 Å². The summed E-state index contributed by atoms with van der Waals surface area (Å²) in [7, 11) is 3.14. The van der Waals surface area contributed by atoms with E-state index < -0.39 is 0 Å². The van der Waals surface area contributed by atoms with Crippen LogP contribution in [0.1, 0.15) is 34.7 Å². The normalized spacial score (nSPS) is 17.6. The Labute approximate surface area is 113 Å². The van der Waals surface area contributed by atoms with Gasteiger partial charge in [0.2, 0.25) is 0 Å². The minimum atomic E-state index is -0.342. The van der Waals surface area contributed by atoms with Crippen molar-refractivity contribution in [3.63, 3.8) is 0 Å². The zero-order chi connectivity index (χ0) is 13.8. The van der Waals surface area contributed by atoms with Crippen LogP contribution >= 0.6 is 0 Å². The first-order valence-electron chi connectivity index (χ1n) is 6.56. The zero-order valence-corrected chi connectivity index (χ0v) is 11.8. The Kier molecular flexibility index (Phi) is 4.61. The molecule has 1 aromatic heterocycles. The van der Waals surface area contributed by atoms with E-state index in [1.165, 1.54) is 7.11 Å². The highest BCUT2D eigenvalue weighted by molar-refractivity contribution is 5.90. The lowest BCUT2D eigenvalue weighted by Gasteiger charge is -2.30. The SMILES string of the molecule is COC(=O)c1cc(CN2CCC(OC)CC2)oc1C. The third-order valence-corrected chi connectivity index (χ3v) is 3.62. The minimum absolute atomic E-state index is 0.342. The van der Waals surface area contributed by atoms with Crippen molar-refractivity contribution in [2.24, 2.45) is 0 Å². The van der Waals surface area contributed by atoms with Gasteiger partial charge in [-0.3, -0.25) is 4.90 Å². The van der Waals surface area contributed by atoms with Crippen molar-refractivity contribution in [1.82, 2.24) is 4.90 Å². The molecule has 106 valence electrons. The summed E-state index contributed by atoms with van der Waals surface area (Å²) in [6.07, 6.45) is 2.46. The predicted molar refractivity (Wildman–Crippen MR) is 70.1 cm³/mol. The molecular formula is C14H21NO4. The van der Waals surface area contributed by atoms with Gasteiger partial charge in [0, 0.05) is 20.2 Å². The molecule has 1 aromatic rings. The van der Waals surface area contributed by atoms with Crippen molar-refractivity contribution < 1.29 is 18.7 Å². The molecule has 0 saturated carbocycles. The Morgan fingerprint density at radius 3 is 2.68 bits per heavy atom. The number of piperidine rings is 1. The second-order valence-electron chi connectivity index (χ2n) is 4.89. The van der Waals surface area contributed by atoms with E-state index in [0.29, 0.717) is 17.4 Å². The van der Waals surface area contributed by atoms with Gasteiger partial charge in [-0.1, -0.05) is 0 Å². The number of esters is 1. The fraction of sp³-hybridized carbons (Fsp3) is 0.643. The maximum Gasteiger partial charge on any atom is 0.341 e. The second-order valence-corrected chi connectivity index (χ2v) is 4.89. The lowest BCUT2D eigenvalue weighted by molar-refractivity contribution is 0.0369. The Bertz CT molecular complexity index is 433. The summed E-state index contributed by atoms with van der Waals surface area (Å²) in [5.41, 5.74) is 0.518. The first kappa shape index (κ1) is 14.1. The Morgan fingerprint density at radius 2 is 2.11 bits per heavy atom. The predicted octanol–water partition coefficient (Wildman–Crippen LogP) is 1.99. The first-order chi connectivity index (χ1) is 9.13. The molecule has 0 atom stereocenters. The molecule has 0 aromatic carbocycles. The molecule has 2 rings (SSSR count). The molecule has 0 spiro atoms. The van der Waals surface area contributed by atoms with E-state index in [1.54, 1.807) is 20.1 Å². The Hall–Kier alpha value is -1.33. The smallest absolute Gasteiger partial charge is 0.341 e. The highest BCUT2D eigenvalue weighted by Gasteiger charge is 2.21. The van der Waals surface area contributed by atoms with Gasteiger partial charge >= 0.3 is 5.97 Å². The van der Waals surface area contributed by atoms with E-state index >= 15 is 0 Å². The standard InChI is InChI=1S/C14H21NO4/c1-10-13(14(16)18-3)8-12(19-10)9-15-6-4-11(17-2)5-7-15/h8,11H,4-7,9H2,1-3H3. The van der Waals surface area contributed by atoms with Gasteiger partial charge in [-0.15, -0.1) is 0 Å². The fourth-order valence-corrected chi connectivity index (χ4v) is 2.46. The van der Waals surface area contributed by atoms with Crippen LogP contribution in [-0.4, -0.2) is 44.3 Å². The van der Waals surface area contributed by atoms with Crippen molar-refractivity contribution in [1.29, 1.82) is 0 Å². The minimum Gasteiger partial charge on any atom is -0.465 e. The third-order valence-electron chi connectivity index (χ3n) is 3.62. The molecule has 5 nitrogen and oxygen atoms in total. The average Bonchev–Trinajstić information content (AvgIpc) is 2.79. The van der Waals surface area contributed by atoms with Crippen LogP contribution in [0, 0.1) is 6.92 Å². The van der Waals surface area contributed by atoms with Crippen LogP contribution in [0.15, 0.2) is 10.5 Å². The highest BCUT2D eigenvalue weighted by atomic mass is 16.5. The average molecular weight is 267 g/mol. The van der Waals surface area contributed by atoms with Crippen molar-refractivity contribution in [3.8, 4) is 0 Å². The van der Waals surface area contributed by atoms with E-state index in [2.05, 4.69) is 4.90 Å². The first-order valence-corrected chi connectivity index (χ1v) is 6.56. The van der Waals surface area contributed by atoms with E-state index in [9.17, 15) is 4.79 Å². The summed E-state index contributed by atoms with van der Waals surface area (Å²) in [6.45, 7) is 4.50. The molecule has 0 radical (unpaired) electrons. The van der Waals surface area contributed by atoms with Crippen molar-refractivity contribution in [3.05, 3.63) is 23.2 Å². The van der Waals surface area contributed by atoms with Crippen molar-refractivity contribution >= 4 is 5.97 Å². The molecule has 1 aliphatic heterocycles. The molecule has 1 saturated heterocycles. The number of furan rings is 1. The number of aryl methyl sites for hydroxylation is 1. The Morgan fingerprint density at radius 1 is 1.42 bits per heavy atom. The largest absolute Gasteiger partial charge is 0.465 e. The monoisotopic (exact) mass is 267 g/mol. The summed E-state index contributed by atoms with van der Waals surface area (Å²) in [6, 6.07) is 1.78. The number of nitrogens with zero attached hydrogens (tertiary/aromatic N) is 1. The molecule has 0 bridgehead atoms. The lowest BCUT2D eigenvalue weighted by Crippen LogP contribution is -2.36. The summed E-state index contributed by atoms with van der Waals surface area (Å²) in [5, 5.41) is 0. The maximum atomic E-state index is 11.5. The summed E-state index contributed by atoms with van der Waals surface area (Å²) in [4.78, 5) is 13.8. The number of likely N-dealkylation sites (tertiary alicyclic amines) is 1. The number of rotatable bonds is 4. The van der Waals surface area contributed by atoms with Crippen LogP contribution in [0.3, 0.4) is 0 Å². The van der Waals surface area contributed by atoms with Crippen LogP contribution in [0.5, 0.6) is 0 Å². The molecule has 1 aliphatic rings. The highest BCUT2D eigenvalue weighted by Crippen LogP contribution is 2.20. The zero-order valence-electron chi connectivity index (χ0n) is 11.8. The van der Waals surface area contributed by atoms with Gasteiger partial charge in [0.05, 0.1) is 19.8 Å². The molecule has 19 heavy (non-hydrogen) atoms. The van der Waals surface area contributed by atoms with Gasteiger partial charge in [0.15, 0.2) is 0 Å². The van der Waals surface area contributed by atoms with Gasteiger partial charge in [-0.2, -0.15) is 0 Å². The van der Waals surface area contributed by atoms with Crippen LogP contribution in [-0.2, 0) is 16.0 Å². The topological polar surface area (TPSA) is 51.9 Å². The molecule has 0 amide bonds. The van der Waals surface area contributed by atoms with Gasteiger partial charge in [-0.25, -0.2) is 4.79 Å². The fourth-order valence-electron chi connectivity index (χ4n) is 2.46. The van der Waals surface area contributed by atoms with Crippen LogP contribution in [0.25, 0.3) is 0 Å². The van der Waals surface area contributed by atoms with E-state index in [1.807, 2.05) is 0 Å². The number of hydrogen-bond acceptors (Lipinski definition) is 5. The molecular weight excluding hydrogens is 246 g/mol. The lowest BCUT2D eigenvalue weighted by atomic mass is 10.1. The number of carbonyl (C=O) groups excluding carboxylic acids is 1. The third kappa shape index (κ3) is 3.36. The molecule has 0 N–H and O–H groups in total. The molecule has 2 heterocycles. The quantitative estimate of drug-likeness (QED) is 0.781. The number of methoxy groups -OCH3 is 2. The number of hydrogen-bond donors (Lipinski definition) is 0.